The highest BCUT2D eigenvalue weighted by molar-refractivity contribution is 6.17. The number of carbonyl (C=O) groups excluding carboxylic acids is 1. The van der Waals surface area contributed by atoms with Crippen molar-refractivity contribution in [1.29, 1.82) is 0 Å². The van der Waals surface area contributed by atoms with Crippen LogP contribution in [0.4, 0.5) is 8.78 Å². The number of primary amides is 1. The maximum absolute atomic E-state index is 14.2. The first kappa shape index (κ1) is 16.3. The van der Waals surface area contributed by atoms with E-state index < -0.39 is 17.5 Å². The maximum Gasteiger partial charge on any atom is 0.249 e. The van der Waals surface area contributed by atoms with Crippen molar-refractivity contribution in [2.24, 2.45) is 5.73 Å². The number of nitrogens with zero attached hydrogens (tertiary/aromatic N) is 1. The molecule has 0 aliphatic heterocycles. The number of benzene rings is 3. The SMILES string of the molecule is Cc1ccc2c3c(C(N)=O)cccc3n(Cc3c(F)cccc3F)c2c1. The first-order valence-electron chi connectivity index (χ1n) is 8.21. The fourth-order valence-electron chi connectivity index (χ4n) is 3.47. The molecule has 0 unspecified atom stereocenters. The fraction of sp³-hybridized carbons (Fsp3) is 0.0952. The summed E-state index contributed by atoms with van der Waals surface area (Å²) < 4.78 is 30.2. The summed E-state index contributed by atoms with van der Waals surface area (Å²) in [5, 5.41) is 1.53. The molecule has 3 aromatic carbocycles. The van der Waals surface area contributed by atoms with Crippen molar-refractivity contribution in [3.8, 4) is 0 Å². The molecule has 0 atom stereocenters. The summed E-state index contributed by atoms with van der Waals surface area (Å²) in [6.45, 7) is 1.96. The van der Waals surface area contributed by atoms with Gasteiger partial charge in [0, 0.05) is 27.4 Å². The molecule has 0 bridgehead atoms. The number of aromatic nitrogens is 1. The minimum Gasteiger partial charge on any atom is -0.366 e. The Hall–Kier alpha value is -3.21. The van der Waals surface area contributed by atoms with Crippen molar-refractivity contribution < 1.29 is 13.6 Å². The van der Waals surface area contributed by atoms with Gasteiger partial charge in [-0.2, -0.15) is 0 Å². The molecular formula is C21H16F2N2O. The van der Waals surface area contributed by atoms with Gasteiger partial charge in [0.05, 0.1) is 12.1 Å². The second-order valence-electron chi connectivity index (χ2n) is 6.37. The standard InChI is InChI=1S/C21H16F2N2O/c1-12-8-9-13-19(10-12)25(11-15-16(22)5-3-6-17(15)23)18-7-2-4-14(20(13)18)21(24)26/h2-10H,11H2,1H3,(H2,24,26). The van der Waals surface area contributed by atoms with E-state index in [1.807, 2.05) is 35.8 Å². The molecule has 0 saturated heterocycles. The second-order valence-corrected chi connectivity index (χ2v) is 6.37. The van der Waals surface area contributed by atoms with Gasteiger partial charge in [-0.15, -0.1) is 0 Å². The molecule has 0 aliphatic rings. The number of hydrogen-bond donors (Lipinski definition) is 1. The number of halogens is 2. The van der Waals surface area contributed by atoms with Gasteiger partial charge < -0.3 is 10.3 Å². The van der Waals surface area contributed by atoms with Crippen LogP contribution in [0.5, 0.6) is 0 Å². The van der Waals surface area contributed by atoms with Crippen molar-refractivity contribution in [2.45, 2.75) is 13.5 Å². The average Bonchev–Trinajstić information content (AvgIpc) is 2.91. The molecule has 26 heavy (non-hydrogen) atoms. The van der Waals surface area contributed by atoms with E-state index in [2.05, 4.69) is 0 Å². The van der Waals surface area contributed by atoms with Crippen molar-refractivity contribution >= 4 is 27.7 Å². The van der Waals surface area contributed by atoms with Gasteiger partial charge in [0.25, 0.3) is 0 Å². The quantitative estimate of drug-likeness (QED) is 0.580. The molecule has 1 heterocycles. The molecule has 0 saturated carbocycles. The van der Waals surface area contributed by atoms with Crippen LogP contribution in [-0.4, -0.2) is 10.5 Å². The Morgan fingerprint density at radius 3 is 2.38 bits per heavy atom. The van der Waals surface area contributed by atoms with E-state index in [0.717, 1.165) is 16.5 Å². The Morgan fingerprint density at radius 2 is 1.69 bits per heavy atom. The smallest absolute Gasteiger partial charge is 0.249 e. The van der Waals surface area contributed by atoms with E-state index in [1.165, 1.54) is 18.2 Å². The Morgan fingerprint density at radius 1 is 1.00 bits per heavy atom. The molecule has 0 aliphatic carbocycles. The number of amides is 1. The predicted octanol–water partition coefficient (Wildman–Crippen LogP) is 4.53. The van der Waals surface area contributed by atoms with Crippen LogP contribution in [0.15, 0.2) is 54.6 Å². The lowest BCUT2D eigenvalue weighted by molar-refractivity contribution is 0.100. The van der Waals surface area contributed by atoms with E-state index in [1.54, 1.807) is 12.1 Å². The third-order valence-electron chi connectivity index (χ3n) is 4.69. The van der Waals surface area contributed by atoms with Crippen LogP contribution in [-0.2, 0) is 6.54 Å². The molecule has 0 fully saturated rings. The van der Waals surface area contributed by atoms with Crippen LogP contribution < -0.4 is 5.73 Å². The molecule has 4 rings (SSSR count). The Balaban J connectivity index is 2.09. The van der Waals surface area contributed by atoms with E-state index in [9.17, 15) is 13.6 Å². The lowest BCUT2D eigenvalue weighted by Gasteiger charge is -2.10. The number of aryl methyl sites for hydroxylation is 1. The van der Waals surface area contributed by atoms with Crippen molar-refractivity contribution in [3.05, 3.63) is 82.9 Å². The predicted molar refractivity (Wildman–Crippen MR) is 98.2 cm³/mol. The number of hydrogen-bond acceptors (Lipinski definition) is 1. The normalized spacial score (nSPS) is 11.3. The highest BCUT2D eigenvalue weighted by Crippen LogP contribution is 2.33. The summed E-state index contributed by atoms with van der Waals surface area (Å²) in [5.41, 5.74) is 8.44. The maximum atomic E-state index is 14.2. The van der Waals surface area contributed by atoms with E-state index in [-0.39, 0.29) is 12.1 Å². The van der Waals surface area contributed by atoms with Crippen molar-refractivity contribution in [3.63, 3.8) is 0 Å². The third kappa shape index (κ3) is 2.44. The lowest BCUT2D eigenvalue weighted by Crippen LogP contribution is -2.11. The van der Waals surface area contributed by atoms with Crippen LogP contribution in [0.1, 0.15) is 21.5 Å². The van der Waals surface area contributed by atoms with Gasteiger partial charge in [-0.25, -0.2) is 8.78 Å². The van der Waals surface area contributed by atoms with E-state index in [0.29, 0.717) is 16.5 Å². The van der Waals surface area contributed by atoms with Gasteiger partial charge in [-0.3, -0.25) is 4.79 Å². The van der Waals surface area contributed by atoms with Gasteiger partial charge in [0.1, 0.15) is 11.6 Å². The monoisotopic (exact) mass is 350 g/mol. The highest BCUT2D eigenvalue weighted by atomic mass is 19.1. The largest absolute Gasteiger partial charge is 0.366 e. The zero-order chi connectivity index (χ0) is 18.4. The van der Waals surface area contributed by atoms with Crippen LogP contribution >= 0.6 is 0 Å². The molecular weight excluding hydrogens is 334 g/mol. The Kier molecular flexibility index (Phi) is 3.72. The second kappa shape index (κ2) is 5.95. The summed E-state index contributed by atoms with van der Waals surface area (Å²) in [4.78, 5) is 11.9. The zero-order valence-electron chi connectivity index (χ0n) is 14.1. The first-order chi connectivity index (χ1) is 12.5. The molecule has 0 spiro atoms. The lowest BCUT2D eigenvalue weighted by atomic mass is 10.1. The van der Waals surface area contributed by atoms with Crippen molar-refractivity contribution in [1.82, 2.24) is 4.57 Å². The minimum absolute atomic E-state index is 0.0164. The number of fused-ring (bicyclic) bond motifs is 3. The molecule has 130 valence electrons. The Labute approximate surface area is 148 Å². The van der Waals surface area contributed by atoms with Crippen LogP contribution in [0, 0.1) is 18.6 Å². The molecule has 0 radical (unpaired) electrons. The molecule has 4 aromatic rings. The number of rotatable bonds is 3. The highest BCUT2D eigenvalue weighted by Gasteiger charge is 2.18. The Bertz CT molecular complexity index is 1160. The first-order valence-corrected chi connectivity index (χ1v) is 8.21. The van der Waals surface area contributed by atoms with Crippen LogP contribution in [0.3, 0.4) is 0 Å². The molecule has 3 nitrogen and oxygen atoms in total. The summed E-state index contributed by atoms with van der Waals surface area (Å²) in [6, 6.07) is 14.8. The van der Waals surface area contributed by atoms with Crippen LogP contribution in [0.25, 0.3) is 21.8 Å². The number of nitrogens with two attached hydrogens (primary N) is 1. The fourth-order valence-corrected chi connectivity index (χ4v) is 3.47. The summed E-state index contributed by atoms with van der Waals surface area (Å²) in [5.74, 6) is -1.73. The topological polar surface area (TPSA) is 48.0 Å². The van der Waals surface area contributed by atoms with Gasteiger partial charge in [-0.1, -0.05) is 24.3 Å². The third-order valence-corrected chi connectivity index (χ3v) is 4.69. The molecule has 5 heteroatoms. The molecule has 1 amide bonds. The van der Waals surface area contributed by atoms with Crippen molar-refractivity contribution in [2.75, 3.05) is 0 Å². The van der Waals surface area contributed by atoms with E-state index in [4.69, 9.17) is 5.73 Å². The molecule has 1 aromatic heterocycles. The zero-order valence-corrected chi connectivity index (χ0v) is 14.1. The van der Waals surface area contributed by atoms with Gasteiger partial charge in [0.15, 0.2) is 0 Å². The summed E-state index contributed by atoms with van der Waals surface area (Å²) >= 11 is 0. The molecule has 2 N–H and O–H groups in total. The summed E-state index contributed by atoms with van der Waals surface area (Å²) in [7, 11) is 0. The minimum atomic E-state index is -0.598. The number of carbonyl (C=O) groups is 1. The average molecular weight is 350 g/mol. The van der Waals surface area contributed by atoms with Gasteiger partial charge >= 0.3 is 0 Å². The van der Waals surface area contributed by atoms with Gasteiger partial charge in [-0.05, 0) is 42.8 Å². The van der Waals surface area contributed by atoms with E-state index >= 15 is 0 Å². The summed E-state index contributed by atoms with van der Waals surface area (Å²) in [6.07, 6.45) is 0. The van der Waals surface area contributed by atoms with Crippen LogP contribution in [0.2, 0.25) is 0 Å². The van der Waals surface area contributed by atoms with Gasteiger partial charge in [0.2, 0.25) is 5.91 Å².